The molecule has 27 heavy (non-hydrogen) atoms. The summed E-state index contributed by atoms with van der Waals surface area (Å²) in [6.45, 7) is 4.98. The third kappa shape index (κ3) is 4.51. The van der Waals surface area contributed by atoms with Gasteiger partial charge >= 0.3 is 0 Å². The minimum absolute atomic E-state index is 0.0223. The van der Waals surface area contributed by atoms with Crippen LogP contribution in [0.4, 0.5) is 0 Å². The summed E-state index contributed by atoms with van der Waals surface area (Å²) in [5, 5.41) is 3.49. The third-order valence-corrected chi connectivity index (χ3v) is 5.33. The summed E-state index contributed by atoms with van der Waals surface area (Å²) in [4.78, 5) is 27.5. The zero-order valence-corrected chi connectivity index (χ0v) is 16.5. The molecular formula is C22H25ClN2O2. The summed E-state index contributed by atoms with van der Waals surface area (Å²) in [6.07, 6.45) is 1.54. The summed E-state index contributed by atoms with van der Waals surface area (Å²) in [5.74, 6) is -0.219. The molecule has 4 nitrogen and oxygen atoms in total. The molecule has 142 valence electrons. The maximum atomic E-state index is 13.3. The number of hydrogen-bond acceptors (Lipinski definition) is 2. The van der Waals surface area contributed by atoms with Crippen molar-refractivity contribution in [2.24, 2.45) is 5.92 Å². The molecule has 1 N–H and O–H groups in total. The number of rotatable bonds is 4. The smallest absolute Gasteiger partial charge is 0.254 e. The Bertz CT molecular complexity index is 819. The van der Waals surface area contributed by atoms with Crippen molar-refractivity contribution in [3.05, 3.63) is 70.2 Å². The lowest BCUT2D eigenvalue weighted by atomic mass is 9.87. The van der Waals surface area contributed by atoms with Crippen molar-refractivity contribution in [2.75, 3.05) is 13.1 Å². The zero-order valence-electron chi connectivity index (χ0n) is 15.7. The highest BCUT2D eigenvalue weighted by Crippen LogP contribution is 2.35. The average molecular weight is 385 g/mol. The zero-order chi connectivity index (χ0) is 19.4. The molecule has 2 amide bonds. The van der Waals surface area contributed by atoms with Crippen LogP contribution < -0.4 is 5.32 Å². The van der Waals surface area contributed by atoms with Crippen molar-refractivity contribution in [2.45, 2.75) is 32.7 Å². The van der Waals surface area contributed by atoms with Crippen LogP contribution in [0.25, 0.3) is 0 Å². The fourth-order valence-electron chi connectivity index (χ4n) is 3.71. The molecule has 1 aliphatic rings. The molecule has 0 unspecified atom stereocenters. The second kappa shape index (κ2) is 8.57. The van der Waals surface area contributed by atoms with E-state index in [9.17, 15) is 9.59 Å². The van der Waals surface area contributed by atoms with E-state index in [-0.39, 0.29) is 23.8 Å². The van der Waals surface area contributed by atoms with Crippen LogP contribution in [0.1, 0.15) is 47.3 Å². The minimum atomic E-state index is -0.178. The Kier molecular flexibility index (Phi) is 6.17. The maximum Gasteiger partial charge on any atom is 0.254 e. The van der Waals surface area contributed by atoms with Gasteiger partial charge in [0.25, 0.3) is 5.91 Å². The average Bonchev–Trinajstić information content (AvgIpc) is 2.68. The number of hydrogen-bond donors (Lipinski definition) is 1. The van der Waals surface area contributed by atoms with Crippen LogP contribution in [0.2, 0.25) is 5.02 Å². The number of carbonyl (C=O) groups is 2. The molecule has 2 atom stereocenters. The van der Waals surface area contributed by atoms with Gasteiger partial charge in [-0.3, -0.25) is 9.59 Å². The minimum Gasteiger partial charge on any atom is -0.356 e. The fourth-order valence-corrected chi connectivity index (χ4v) is 3.84. The van der Waals surface area contributed by atoms with Gasteiger partial charge in [0.1, 0.15) is 0 Å². The molecule has 1 saturated heterocycles. The van der Waals surface area contributed by atoms with E-state index in [4.69, 9.17) is 11.6 Å². The number of carbonyl (C=O) groups excluding carboxylic acids is 2. The molecular weight excluding hydrogens is 360 g/mol. The Morgan fingerprint density at radius 2 is 1.89 bits per heavy atom. The molecule has 5 heteroatoms. The van der Waals surface area contributed by atoms with E-state index in [0.717, 1.165) is 24.0 Å². The lowest BCUT2D eigenvalue weighted by Crippen LogP contribution is -2.47. The van der Waals surface area contributed by atoms with Crippen LogP contribution in [0.5, 0.6) is 0 Å². The highest BCUT2D eigenvalue weighted by molar-refractivity contribution is 6.30. The predicted molar refractivity (Wildman–Crippen MR) is 108 cm³/mol. The highest BCUT2D eigenvalue weighted by Gasteiger charge is 2.35. The summed E-state index contributed by atoms with van der Waals surface area (Å²) < 4.78 is 0. The number of likely N-dealkylation sites (tertiary alicyclic amines) is 1. The molecule has 2 aromatic carbocycles. The van der Waals surface area contributed by atoms with E-state index >= 15 is 0 Å². The molecule has 0 aliphatic carbocycles. The number of benzene rings is 2. The SMILES string of the molecule is CCNC(=O)[C@@H]1CC[C@H](c2cccc(C)c2)N(C(=O)c2ccc(Cl)cc2)C1. The van der Waals surface area contributed by atoms with Crippen molar-refractivity contribution >= 4 is 23.4 Å². The van der Waals surface area contributed by atoms with E-state index in [0.29, 0.717) is 23.7 Å². The lowest BCUT2D eigenvalue weighted by molar-refractivity contribution is -0.126. The predicted octanol–water partition coefficient (Wildman–Crippen LogP) is 4.38. The molecule has 2 aromatic rings. The molecule has 0 bridgehead atoms. The molecule has 1 heterocycles. The molecule has 0 spiro atoms. The largest absolute Gasteiger partial charge is 0.356 e. The van der Waals surface area contributed by atoms with Gasteiger partial charge in [0.05, 0.1) is 12.0 Å². The van der Waals surface area contributed by atoms with Crippen LogP contribution in [0.15, 0.2) is 48.5 Å². The van der Waals surface area contributed by atoms with E-state index in [1.807, 2.05) is 17.9 Å². The summed E-state index contributed by atoms with van der Waals surface area (Å²) in [6, 6.07) is 15.2. The highest BCUT2D eigenvalue weighted by atomic mass is 35.5. The van der Waals surface area contributed by atoms with Crippen molar-refractivity contribution in [3.63, 3.8) is 0 Å². The van der Waals surface area contributed by atoms with Crippen molar-refractivity contribution in [3.8, 4) is 0 Å². The van der Waals surface area contributed by atoms with E-state index in [2.05, 4.69) is 30.4 Å². The first kappa shape index (κ1) is 19.4. The molecule has 1 fully saturated rings. The summed E-state index contributed by atoms with van der Waals surface area (Å²) in [5.41, 5.74) is 2.87. The third-order valence-electron chi connectivity index (χ3n) is 5.08. The fraction of sp³-hybridized carbons (Fsp3) is 0.364. The van der Waals surface area contributed by atoms with Gasteiger partial charge in [0, 0.05) is 23.7 Å². The quantitative estimate of drug-likeness (QED) is 0.850. The Morgan fingerprint density at radius 3 is 2.56 bits per heavy atom. The van der Waals surface area contributed by atoms with Crippen LogP contribution in [0.3, 0.4) is 0 Å². The topological polar surface area (TPSA) is 49.4 Å². The summed E-state index contributed by atoms with van der Waals surface area (Å²) >= 11 is 5.97. The normalized spacial score (nSPS) is 19.6. The Balaban J connectivity index is 1.91. The van der Waals surface area contributed by atoms with Gasteiger partial charge < -0.3 is 10.2 Å². The Morgan fingerprint density at radius 1 is 1.15 bits per heavy atom. The monoisotopic (exact) mass is 384 g/mol. The molecule has 1 aliphatic heterocycles. The number of aryl methyl sites for hydroxylation is 1. The first-order valence-electron chi connectivity index (χ1n) is 9.40. The molecule has 0 aromatic heterocycles. The molecule has 3 rings (SSSR count). The van der Waals surface area contributed by atoms with Crippen molar-refractivity contribution < 1.29 is 9.59 Å². The molecule has 0 radical (unpaired) electrons. The molecule has 0 saturated carbocycles. The van der Waals surface area contributed by atoms with Gasteiger partial charge in [-0.2, -0.15) is 0 Å². The van der Waals surface area contributed by atoms with Gasteiger partial charge in [-0.25, -0.2) is 0 Å². The van der Waals surface area contributed by atoms with E-state index < -0.39 is 0 Å². The Hall–Kier alpha value is -2.33. The van der Waals surface area contributed by atoms with Crippen molar-refractivity contribution in [1.29, 1.82) is 0 Å². The maximum absolute atomic E-state index is 13.3. The van der Waals surface area contributed by atoms with Crippen LogP contribution in [-0.4, -0.2) is 29.8 Å². The number of nitrogens with zero attached hydrogens (tertiary/aromatic N) is 1. The number of amides is 2. The van der Waals surface area contributed by atoms with Crippen molar-refractivity contribution in [1.82, 2.24) is 10.2 Å². The second-order valence-electron chi connectivity index (χ2n) is 7.06. The van der Waals surface area contributed by atoms with Gasteiger partial charge in [0.15, 0.2) is 0 Å². The standard InChI is InChI=1S/C22H25ClN2O2/c1-3-24-21(26)18-9-12-20(17-6-4-5-15(2)13-17)25(14-18)22(27)16-7-10-19(23)11-8-16/h4-8,10-11,13,18,20H,3,9,12,14H2,1-2H3,(H,24,26)/t18-,20-/m1/s1. The first-order chi connectivity index (χ1) is 13.0. The number of halogens is 1. The van der Waals surface area contributed by atoms with Gasteiger partial charge in [-0.15, -0.1) is 0 Å². The van der Waals surface area contributed by atoms with Gasteiger partial charge in [-0.05, 0) is 56.5 Å². The van der Waals surface area contributed by atoms with Gasteiger partial charge in [-0.1, -0.05) is 41.4 Å². The number of nitrogens with one attached hydrogen (secondary N) is 1. The lowest BCUT2D eigenvalue weighted by Gasteiger charge is -2.39. The van der Waals surface area contributed by atoms with Crippen LogP contribution in [0, 0.1) is 12.8 Å². The van der Waals surface area contributed by atoms with Crippen LogP contribution in [-0.2, 0) is 4.79 Å². The Labute approximate surface area is 165 Å². The van der Waals surface area contributed by atoms with E-state index in [1.165, 1.54) is 0 Å². The van der Waals surface area contributed by atoms with Crippen LogP contribution >= 0.6 is 11.6 Å². The van der Waals surface area contributed by atoms with E-state index in [1.54, 1.807) is 24.3 Å². The summed E-state index contributed by atoms with van der Waals surface area (Å²) in [7, 11) is 0. The van der Waals surface area contributed by atoms with Gasteiger partial charge in [0.2, 0.25) is 5.91 Å². The number of piperidine rings is 1. The second-order valence-corrected chi connectivity index (χ2v) is 7.50. The first-order valence-corrected chi connectivity index (χ1v) is 9.78.